The lowest BCUT2D eigenvalue weighted by molar-refractivity contribution is 0.126. The number of H-pyrrole nitrogens is 1. The van der Waals surface area contributed by atoms with Gasteiger partial charge in [0.05, 0.1) is 23.9 Å². The first-order valence-electron chi connectivity index (χ1n) is 10.8. The molecule has 1 saturated carbocycles. The van der Waals surface area contributed by atoms with E-state index in [2.05, 4.69) is 15.5 Å². The Labute approximate surface area is 179 Å². The normalized spacial score (nSPS) is 19.2. The number of pyridine rings is 1. The number of fused-ring (bicyclic) bond motifs is 2. The molecule has 4 aromatic rings. The molecule has 3 aromatic heterocycles. The number of rotatable bonds is 6. The molecule has 162 valence electrons. The summed E-state index contributed by atoms with van der Waals surface area (Å²) in [4.78, 5) is 6.63. The zero-order valence-electron chi connectivity index (χ0n) is 17.5. The van der Waals surface area contributed by atoms with Gasteiger partial charge in [0.2, 0.25) is 5.95 Å². The van der Waals surface area contributed by atoms with Gasteiger partial charge >= 0.3 is 0 Å². The number of aliphatic hydroxyl groups is 2. The van der Waals surface area contributed by atoms with Crippen LogP contribution in [-0.4, -0.2) is 60.3 Å². The summed E-state index contributed by atoms with van der Waals surface area (Å²) in [6, 6.07) is 12.2. The van der Waals surface area contributed by atoms with Gasteiger partial charge in [-0.1, -0.05) is 6.07 Å². The van der Waals surface area contributed by atoms with Crippen molar-refractivity contribution in [2.75, 3.05) is 23.4 Å². The first-order chi connectivity index (χ1) is 15.1. The van der Waals surface area contributed by atoms with Gasteiger partial charge in [-0.15, -0.1) is 5.10 Å². The third-order valence-electron chi connectivity index (χ3n) is 6.01. The Hall–Kier alpha value is -3.17. The fourth-order valence-electron chi connectivity index (χ4n) is 4.30. The van der Waals surface area contributed by atoms with E-state index in [0.717, 1.165) is 59.4 Å². The molecule has 31 heavy (non-hydrogen) atoms. The summed E-state index contributed by atoms with van der Waals surface area (Å²) in [6.07, 6.45) is 3.31. The lowest BCUT2D eigenvalue weighted by Gasteiger charge is -2.27. The Bertz CT molecular complexity index is 1190. The van der Waals surface area contributed by atoms with E-state index < -0.39 is 0 Å². The lowest BCUT2D eigenvalue weighted by atomic mass is 9.93. The minimum absolute atomic E-state index is 0.0227. The number of aromatic amines is 1. The van der Waals surface area contributed by atoms with Gasteiger partial charge < -0.3 is 20.4 Å². The molecule has 5 rings (SSSR count). The van der Waals surface area contributed by atoms with Crippen molar-refractivity contribution in [3.05, 3.63) is 42.1 Å². The van der Waals surface area contributed by atoms with Crippen LogP contribution in [0, 0.1) is 6.92 Å². The summed E-state index contributed by atoms with van der Waals surface area (Å²) in [5, 5.41) is 36.2. The maximum atomic E-state index is 9.77. The Balaban J connectivity index is 1.48. The van der Waals surface area contributed by atoms with Gasteiger partial charge in [-0.25, -0.2) is 0 Å². The smallest absolute Gasteiger partial charge is 0.250 e. The molecule has 1 aliphatic carbocycles. The average Bonchev–Trinajstić information content (AvgIpc) is 3.38. The highest BCUT2D eigenvalue weighted by Gasteiger charge is 2.21. The molecular formula is C22H27N7O2. The standard InChI is InChI=1S/C22H27N7O2/c1-14-18-10-7-16(13-19(18)26-25-14)28(11-12-30)22-24-21-4-2-3-20(29(21)27-22)23-15-5-8-17(31)9-6-15/h2-4,7,10,13,15,17,23,30-31H,5-6,8-9,11-12H2,1H3,(H,25,26)/t15-,17+. The second kappa shape index (κ2) is 8.16. The van der Waals surface area contributed by atoms with Crippen LogP contribution in [0.2, 0.25) is 0 Å². The first kappa shape index (κ1) is 19.8. The van der Waals surface area contributed by atoms with Gasteiger partial charge in [0, 0.05) is 23.7 Å². The van der Waals surface area contributed by atoms with Gasteiger partial charge in [0.15, 0.2) is 5.65 Å². The van der Waals surface area contributed by atoms with Crippen LogP contribution in [0.4, 0.5) is 17.5 Å². The SMILES string of the molecule is Cc1n[nH]c2cc(N(CCO)c3nc4cccc(N[C@H]5CC[C@@H](O)CC5)n4n3)ccc12. The van der Waals surface area contributed by atoms with Gasteiger partial charge in [-0.2, -0.15) is 14.6 Å². The summed E-state index contributed by atoms with van der Waals surface area (Å²) in [5.41, 5.74) is 3.50. The molecule has 9 nitrogen and oxygen atoms in total. The molecule has 4 N–H and O–H groups in total. The van der Waals surface area contributed by atoms with Crippen molar-refractivity contribution in [3.63, 3.8) is 0 Å². The number of benzene rings is 1. The zero-order chi connectivity index (χ0) is 21.4. The average molecular weight is 422 g/mol. The number of anilines is 3. The van der Waals surface area contributed by atoms with Crippen molar-refractivity contribution in [3.8, 4) is 0 Å². The Morgan fingerprint density at radius 3 is 2.84 bits per heavy atom. The maximum absolute atomic E-state index is 9.77. The maximum Gasteiger partial charge on any atom is 0.250 e. The van der Waals surface area contributed by atoms with E-state index in [0.29, 0.717) is 18.5 Å². The van der Waals surface area contributed by atoms with Crippen molar-refractivity contribution in [1.29, 1.82) is 0 Å². The molecule has 9 heteroatoms. The molecule has 0 atom stereocenters. The monoisotopic (exact) mass is 421 g/mol. The quantitative estimate of drug-likeness (QED) is 0.378. The minimum atomic E-state index is -0.185. The third kappa shape index (κ3) is 3.82. The molecule has 0 amide bonds. The highest BCUT2D eigenvalue weighted by Crippen LogP contribution is 2.28. The summed E-state index contributed by atoms with van der Waals surface area (Å²) in [7, 11) is 0. The van der Waals surface area contributed by atoms with Crippen LogP contribution in [0.5, 0.6) is 0 Å². The molecule has 1 aromatic carbocycles. The largest absolute Gasteiger partial charge is 0.395 e. The molecule has 0 saturated heterocycles. The van der Waals surface area contributed by atoms with E-state index in [1.165, 1.54) is 0 Å². The fourth-order valence-corrected chi connectivity index (χ4v) is 4.30. The number of aromatic nitrogens is 5. The summed E-state index contributed by atoms with van der Waals surface area (Å²) < 4.78 is 1.81. The van der Waals surface area contributed by atoms with Crippen LogP contribution in [-0.2, 0) is 0 Å². The van der Waals surface area contributed by atoms with Crippen LogP contribution >= 0.6 is 0 Å². The Kier molecular flexibility index (Phi) is 5.21. The topological polar surface area (TPSA) is 115 Å². The van der Waals surface area contributed by atoms with Crippen molar-refractivity contribution >= 4 is 34.0 Å². The van der Waals surface area contributed by atoms with E-state index in [-0.39, 0.29) is 12.7 Å². The van der Waals surface area contributed by atoms with Crippen LogP contribution in [0.1, 0.15) is 31.4 Å². The van der Waals surface area contributed by atoms with Gasteiger partial charge in [0.25, 0.3) is 0 Å². The Morgan fingerprint density at radius 2 is 2.03 bits per heavy atom. The lowest BCUT2D eigenvalue weighted by Crippen LogP contribution is -2.29. The summed E-state index contributed by atoms with van der Waals surface area (Å²) in [6.45, 7) is 2.32. The molecule has 0 radical (unpaired) electrons. The van der Waals surface area contributed by atoms with E-state index in [1.807, 2.05) is 52.7 Å². The molecule has 0 bridgehead atoms. The summed E-state index contributed by atoms with van der Waals surface area (Å²) >= 11 is 0. The van der Waals surface area contributed by atoms with Gasteiger partial charge in [-0.3, -0.25) is 5.10 Å². The van der Waals surface area contributed by atoms with Gasteiger partial charge in [0.1, 0.15) is 5.82 Å². The molecule has 0 spiro atoms. The predicted molar refractivity (Wildman–Crippen MR) is 120 cm³/mol. The second-order valence-electron chi connectivity index (χ2n) is 8.16. The number of aryl methyl sites for hydroxylation is 1. The predicted octanol–water partition coefficient (Wildman–Crippen LogP) is 2.76. The van der Waals surface area contributed by atoms with Crippen molar-refractivity contribution in [2.45, 2.75) is 44.8 Å². The number of hydrogen-bond donors (Lipinski definition) is 4. The van der Waals surface area contributed by atoms with E-state index in [1.54, 1.807) is 0 Å². The molecule has 1 fully saturated rings. The number of hydrogen-bond acceptors (Lipinski definition) is 7. The third-order valence-corrected chi connectivity index (χ3v) is 6.01. The van der Waals surface area contributed by atoms with Crippen LogP contribution in [0.3, 0.4) is 0 Å². The number of aliphatic hydroxyl groups excluding tert-OH is 2. The van der Waals surface area contributed by atoms with Gasteiger partial charge in [-0.05, 0) is 62.9 Å². The molecular weight excluding hydrogens is 394 g/mol. The second-order valence-corrected chi connectivity index (χ2v) is 8.16. The van der Waals surface area contributed by atoms with Crippen LogP contribution < -0.4 is 10.2 Å². The van der Waals surface area contributed by atoms with Crippen LogP contribution in [0.15, 0.2) is 36.4 Å². The van der Waals surface area contributed by atoms with E-state index in [9.17, 15) is 10.2 Å². The van der Waals surface area contributed by atoms with E-state index in [4.69, 9.17) is 10.1 Å². The van der Waals surface area contributed by atoms with Crippen molar-refractivity contribution < 1.29 is 10.2 Å². The summed E-state index contributed by atoms with van der Waals surface area (Å²) in [5.74, 6) is 1.40. The zero-order valence-corrected chi connectivity index (χ0v) is 17.5. The van der Waals surface area contributed by atoms with Crippen LogP contribution in [0.25, 0.3) is 16.6 Å². The fraction of sp³-hybridized carbons (Fsp3) is 0.409. The molecule has 3 heterocycles. The van der Waals surface area contributed by atoms with Crippen molar-refractivity contribution in [2.24, 2.45) is 0 Å². The first-order valence-corrected chi connectivity index (χ1v) is 10.8. The molecule has 0 aliphatic heterocycles. The highest BCUT2D eigenvalue weighted by molar-refractivity contribution is 5.85. The Morgan fingerprint density at radius 1 is 1.19 bits per heavy atom. The van der Waals surface area contributed by atoms with Crippen molar-refractivity contribution in [1.82, 2.24) is 24.8 Å². The minimum Gasteiger partial charge on any atom is -0.395 e. The molecule has 0 unspecified atom stereocenters. The number of nitrogens with zero attached hydrogens (tertiary/aromatic N) is 5. The van der Waals surface area contributed by atoms with E-state index >= 15 is 0 Å². The number of nitrogens with one attached hydrogen (secondary N) is 2. The molecule has 1 aliphatic rings. The highest BCUT2D eigenvalue weighted by atomic mass is 16.3.